The summed E-state index contributed by atoms with van der Waals surface area (Å²) in [7, 11) is 1.61. The van der Waals surface area contributed by atoms with Crippen LogP contribution in [0.4, 0.5) is 4.39 Å². The fraction of sp³-hybridized carbons (Fsp3) is 0.312. The molecule has 0 saturated heterocycles. The number of likely N-dealkylation sites (N-methyl/N-ethyl adjacent to an activating group) is 1. The predicted octanol–water partition coefficient (Wildman–Crippen LogP) is 3.89. The molecule has 5 heteroatoms. The van der Waals surface area contributed by atoms with Gasteiger partial charge in [-0.05, 0) is 42.8 Å². The van der Waals surface area contributed by atoms with Crippen molar-refractivity contribution in [2.24, 2.45) is 0 Å². The van der Waals surface area contributed by atoms with Gasteiger partial charge in [0.15, 0.2) is 0 Å². The molecular formula is C16H18BrFN2O. The highest BCUT2D eigenvalue weighted by Gasteiger charge is 2.17. The number of nitrogens with zero attached hydrogens (tertiary/aromatic N) is 1. The molecule has 3 nitrogen and oxygen atoms in total. The number of benzene rings is 1. The summed E-state index contributed by atoms with van der Waals surface area (Å²) in [5.74, 6) is 0.507. The summed E-state index contributed by atoms with van der Waals surface area (Å²) in [6.45, 7) is 2.81. The topological polar surface area (TPSA) is 34.2 Å². The van der Waals surface area contributed by atoms with E-state index in [4.69, 9.17) is 4.74 Å². The molecule has 1 unspecified atom stereocenters. The number of rotatable bonds is 6. The van der Waals surface area contributed by atoms with Gasteiger partial charge in [0.2, 0.25) is 0 Å². The highest BCUT2D eigenvalue weighted by atomic mass is 79.9. The van der Waals surface area contributed by atoms with Gasteiger partial charge < -0.3 is 10.1 Å². The zero-order chi connectivity index (χ0) is 15.2. The molecule has 2 rings (SSSR count). The maximum absolute atomic E-state index is 14.0. The van der Waals surface area contributed by atoms with Crippen molar-refractivity contribution < 1.29 is 9.13 Å². The molecule has 0 aliphatic rings. The number of pyridine rings is 1. The van der Waals surface area contributed by atoms with Crippen LogP contribution in [0, 0.1) is 5.82 Å². The van der Waals surface area contributed by atoms with Gasteiger partial charge >= 0.3 is 0 Å². The highest BCUT2D eigenvalue weighted by Crippen LogP contribution is 2.28. The molecule has 2 aromatic rings. The molecular weight excluding hydrogens is 335 g/mol. The molecule has 1 heterocycles. The molecule has 1 aromatic heterocycles. The van der Waals surface area contributed by atoms with Gasteiger partial charge in [-0.15, -0.1) is 0 Å². The van der Waals surface area contributed by atoms with E-state index in [0.29, 0.717) is 17.7 Å². The number of aromatic nitrogens is 1. The molecule has 21 heavy (non-hydrogen) atoms. The number of hydrogen-bond acceptors (Lipinski definition) is 3. The van der Waals surface area contributed by atoms with Crippen LogP contribution >= 0.6 is 15.9 Å². The van der Waals surface area contributed by atoms with Crippen LogP contribution < -0.4 is 10.1 Å². The monoisotopic (exact) mass is 352 g/mol. The van der Waals surface area contributed by atoms with Gasteiger partial charge in [0.05, 0.1) is 13.3 Å². The normalized spacial score (nSPS) is 12.2. The van der Waals surface area contributed by atoms with E-state index < -0.39 is 0 Å². The lowest BCUT2D eigenvalue weighted by Gasteiger charge is -2.21. The van der Waals surface area contributed by atoms with Gasteiger partial charge in [-0.25, -0.2) is 4.39 Å². The molecule has 0 fully saturated rings. The van der Waals surface area contributed by atoms with Crippen LogP contribution in [0.15, 0.2) is 41.1 Å². The van der Waals surface area contributed by atoms with Crippen LogP contribution in [0.3, 0.4) is 0 Å². The summed E-state index contributed by atoms with van der Waals surface area (Å²) in [4.78, 5) is 4.06. The van der Waals surface area contributed by atoms with Gasteiger partial charge in [-0.1, -0.05) is 22.9 Å². The van der Waals surface area contributed by atoms with Crippen LogP contribution in [-0.2, 0) is 6.42 Å². The Kier molecular flexibility index (Phi) is 5.70. The summed E-state index contributed by atoms with van der Waals surface area (Å²) in [5.41, 5.74) is 1.64. The van der Waals surface area contributed by atoms with E-state index in [-0.39, 0.29) is 11.9 Å². The number of methoxy groups -OCH3 is 1. The summed E-state index contributed by atoms with van der Waals surface area (Å²) < 4.78 is 20.2. The third kappa shape index (κ3) is 4.02. The fourth-order valence-electron chi connectivity index (χ4n) is 2.31. The fourth-order valence-corrected chi connectivity index (χ4v) is 2.72. The zero-order valence-corrected chi connectivity index (χ0v) is 13.7. The summed E-state index contributed by atoms with van der Waals surface area (Å²) in [5, 5.41) is 3.38. The van der Waals surface area contributed by atoms with Gasteiger partial charge in [0.25, 0.3) is 0 Å². The Morgan fingerprint density at radius 3 is 2.90 bits per heavy atom. The summed E-state index contributed by atoms with van der Waals surface area (Å²) in [6, 6.07) is 6.87. The first-order chi connectivity index (χ1) is 10.2. The van der Waals surface area contributed by atoms with E-state index in [0.717, 1.165) is 16.6 Å². The van der Waals surface area contributed by atoms with Gasteiger partial charge in [-0.2, -0.15) is 0 Å². The van der Waals surface area contributed by atoms with Crippen LogP contribution in [0.2, 0.25) is 0 Å². The van der Waals surface area contributed by atoms with E-state index in [1.165, 1.54) is 6.07 Å². The van der Waals surface area contributed by atoms with Crippen molar-refractivity contribution in [3.8, 4) is 5.75 Å². The van der Waals surface area contributed by atoms with Crippen molar-refractivity contribution in [2.75, 3.05) is 13.7 Å². The Morgan fingerprint density at radius 1 is 1.38 bits per heavy atom. The van der Waals surface area contributed by atoms with E-state index >= 15 is 0 Å². The minimum Gasteiger partial charge on any atom is -0.495 e. The van der Waals surface area contributed by atoms with Crippen LogP contribution in [0.1, 0.15) is 24.1 Å². The van der Waals surface area contributed by atoms with E-state index in [1.807, 2.05) is 19.1 Å². The molecule has 0 spiro atoms. The minimum atomic E-state index is -0.200. The second-order valence-electron chi connectivity index (χ2n) is 4.67. The van der Waals surface area contributed by atoms with Crippen LogP contribution in [0.25, 0.3) is 0 Å². The SMILES string of the molecule is CCNC(Cc1cc(Br)ccc1F)c1ccncc1OC. The lowest BCUT2D eigenvalue weighted by Crippen LogP contribution is -2.24. The van der Waals surface area contributed by atoms with Crippen molar-refractivity contribution in [3.63, 3.8) is 0 Å². The Bertz CT molecular complexity index is 607. The highest BCUT2D eigenvalue weighted by molar-refractivity contribution is 9.10. The molecule has 1 N–H and O–H groups in total. The third-order valence-corrected chi connectivity index (χ3v) is 3.79. The summed E-state index contributed by atoms with van der Waals surface area (Å²) >= 11 is 3.39. The number of halogens is 2. The number of ether oxygens (including phenoxy) is 1. The average Bonchev–Trinajstić information content (AvgIpc) is 2.50. The third-order valence-electron chi connectivity index (χ3n) is 3.29. The van der Waals surface area contributed by atoms with Crippen molar-refractivity contribution >= 4 is 15.9 Å². The van der Waals surface area contributed by atoms with Gasteiger partial charge in [-0.3, -0.25) is 4.98 Å². The summed E-state index contributed by atoms with van der Waals surface area (Å²) in [6.07, 6.45) is 3.94. The Labute approximate surface area is 132 Å². The van der Waals surface area contributed by atoms with Crippen molar-refractivity contribution in [1.29, 1.82) is 0 Å². The smallest absolute Gasteiger partial charge is 0.141 e. The first-order valence-electron chi connectivity index (χ1n) is 6.81. The standard InChI is InChI=1S/C16H18BrFN2O/c1-3-20-15(13-6-7-19-10-16(13)21-2)9-11-8-12(17)4-5-14(11)18/h4-8,10,15,20H,3,9H2,1-2H3. The Hall–Kier alpha value is -1.46. The van der Waals surface area contributed by atoms with E-state index in [2.05, 4.69) is 26.2 Å². The van der Waals surface area contributed by atoms with Crippen molar-refractivity contribution in [2.45, 2.75) is 19.4 Å². The quantitative estimate of drug-likeness (QED) is 0.856. The Morgan fingerprint density at radius 2 is 2.19 bits per heavy atom. The maximum Gasteiger partial charge on any atom is 0.141 e. The van der Waals surface area contributed by atoms with Crippen molar-refractivity contribution in [3.05, 3.63) is 58.1 Å². The molecule has 0 radical (unpaired) electrons. The van der Waals surface area contributed by atoms with Crippen LogP contribution in [-0.4, -0.2) is 18.6 Å². The van der Waals surface area contributed by atoms with Crippen LogP contribution in [0.5, 0.6) is 5.75 Å². The first kappa shape index (κ1) is 15.9. The number of nitrogens with one attached hydrogen (secondary N) is 1. The molecule has 112 valence electrons. The second-order valence-corrected chi connectivity index (χ2v) is 5.58. The molecule has 0 aliphatic carbocycles. The molecule has 1 atom stereocenters. The van der Waals surface area contributed by atoms with Gasteiger partial charge in [0.1, 0.15) is 11.6 Å². The molecule has 0 aliphatic heterocycles. The largest absolute Gasteiger partial charge is 0.495 e. The minimum absolute atomic E-state index is 0.0308. The lowest BCUT2D eigenvalue weighted by molar-refractivity contribution is 0.396. The van der Waals surface area contributed by atoms with Gasteiger partial charge in [0, 0.05) is 22.3 Å². The molecule has 0 amide bonds. The zero-order valence-electron chi connectivity index (χ0n) is 12.1. The van der Waals surface area contributed by atoms with E-state index in [9.17, 15) is 4.39 Å². The average molecular weight is 353 g/mol. The molecule has 0 bridgehead atoms. The lowest BCUT2D eigenvalue weighted by atomic mass is 9.98. The Balaban J connectivity index is 2.33. The second kappa shape index (κ2) is 7.52. The molecule has 1 aromatic carbocycles. The molecule has 0 saturated carbocycles. The predicted molar refractivity (Wildman–Crippen MR) is 85.0 cm³/mol. The number of hydrogen-bond donors (Lipinski definition) is 1. The maximum atomic E-state index is 14.0. The first-order valence-corrected chi connectivity index (χ1v) is 7.60. The van der Waals surface area contributed by atoms with Crippen molar-refractivity contribution in [1.82, 2.24) is 10.3 Å². The van der Waals surface area contributed by atoms with E-state index in [1.54, 1.807) is 25.6 Å².